The molecule has 1 fully saturated rings. The highest BCUT2D eigenvalue weighted by molar-refractivity contribution is 5.77. The predicted octanol–water partition coefficient (Wildman–Crippen LogP) is 1.72. The van der Waals surface area contributed by atoms with Crippen molar-refractivity contribution in [2.75, 3.05) is 6.54 Å². The SMILES string of the molecule is O=C(O)CC1(CNC(=O)CCn2nnc3ccccc3c2=O)CCCCC1. The summed E-state index contributed by atoms with van der Waals surface area (Å²) in [6, 6.07) is 6.94. The number of aryl methyl sites for hydroxylation is 1. The lowest BCUT2D eigenvalue weighted by Gasteiger charge is -2.36. The van der Waals surface area contributed by atoms with E-state index in [9.17, 15) is 19.5 Å². The zero-order valence-corrected chi connectivity index (χ0v) is 15.2. The molecule has 0 aliphatic heterocycles. The van der Waals surface area contributed by atoms with Crippen LogP contribution in [0.2, 0.25) is 0 Å². The minimum atomic E-state index is -0.830. The van der Waals surface area contributed by atoms with Crippen LogP contribution in [0.1, 0.15) is 44.9 Å². The van der Waals surface area contributed by atoms with Crippen LogP contribution in [0.4, 0.5) is 0 Å². The quantitative estimate of drug-likeness (QED) is 0.765. The van der Waals surface area contributed by atoms with Crippen molar-refractivity contribution in [3.8, 4) is 0 Å². The molecule has 1 saturated carbocycles. The average molecular weight is 372 g/mol. The van der Waals surface area contributed by atoms with E-state index in [-0.39, 0.29) is 36.3 Å². The van der Waals surface area contributed by atoms with Gasteiger partial charge < -0.3 is 10.4 Å². The van der Waals surface area contributed by atoms with Crippen molar-refractivity contribution in [2.45, 2.75) is 51.5 Å². The van der Waals surface area contributed by atoms with Gasteiger partial charge in [0.05, 0.1) is 18.4 Å². The van der Waals surface area contributed by atoms with Crippen molar-refractivity contribution < 1.29 is 14.7 Å². The van der Waals surface area contributed by atoms with Crippen LogP contribution < -0.4 is 10.9 Å². The maximum atomic E-state index is 12.4. The zero-order chi connectivity index (χ0) is 19.3. The Balaban J connectivity index is 1.58. The molecule has 144 valence electrons. The molecule has 1 aromatic heterocycles. The zero-order valence-electron chi connectivity index (χ0n) is 15.2. The maximum absolute atomic E-state index is 12.4. The molecule has 27 heavy (non-hydrogen) atoms. The number of carboxylic acid groups (broad SMARTS) is 1. The summed E-state index contributed by atoms with van der Waals surface area (Å²) in [6.07, 6.45) is 4.89. The predicted molar refractivity (Wildman–Crippen MR) is 99.2 cm³/mol. The van der Waals surface area contributed by atoms with Crippen LogP contribution in [0.5, 0.6) is 0 Å². The number of nitrogens with one attached hydrogen (secondary N) is 1. The number of aromatic nitrogens is 3. The van der Waals surface area contributed by atoms with Gasteiger partial charge in [0, 0.05) is 13.0 Å². The molecule has 0 unspecified atom stereocenters. The minimum absolute atomic E-state index is 0.0723. The lowest BCUT2D eigenvalue weighted by molar-refractivity contribution is -0.140. The van der Waals surface area contributed by atoms with Crippen LogP contribution in [0, 0.1) is 5.41 Å². The fraction of sp³-hybridized carbons (Fsp3) is 0.526. The molecule has 0 bridgehead atoms. The monoisotopic (exact) mass is 372 g/mol. The van der Waals surface area contributed by atoms with Gasteiger partial charge in [-0.05, 0) is 30.4 Å². The van der Waals surface area contributed by atoms with Gasteiger partial charge in [0.15, 0.2) is 0 Å². The van der Waals surface area contributed by atoms with Crippen LogP contribution in [-0.2, 0) is 16.1 Å². The third-order valence-corrected chi connectivity index (χ3v) is 5.28. The summed E-state index contributed by atoms with van der Waals surface area (Å²) in [7, 11) is 0. The molecule has 0 radical (unpaired) electrons. The van der Waals surface area contributed by atoms with Gasteiger partial charge in [0.1, 0.15) is 5.52 Å². The van der Waals surface area contributed by atoms with Gasteiger partial charge in [0.25, 0.3) is 5.56 Å². The Labute approximate surface area is 156 Å². The summed E-state index contributed by atoms with van der Waals surface area (Å²) in [5.41, 5.74) is -0.113. The molecular formula is C19H24N4O4. The van der Waals surface area contributed by atoms with E-state index in [1.165, 1.54) is 4.68 Å². The Morgan fingerprint density at radius 1 is 1.19 bits per heavy atom. The van der Waals surface area contributed by atoms with Gasteiger partial charge in [-0.25, -0.2) is 4.68 Å². The molecule has 1 aromatic carbocycles. The number of aliphatic carboxylic acids is 1. The fourth-order valence-electron chi connectivity index (χ4n) is 3.79. The first-order valence-corrected chi connectivity index (χ1v) is 9.30. The van der Waals surface area contributed by atoms with Crippen LogP contribution >= 0.6 is 0 Å². The van der Waals surface area contributed by atoms with Crippen molar-refractivity contribution in [1.82, 2.24) is 20.3 Å². The van der Waals surface area contributed by atoms with Gasteiger partial charge in [-0.2, -0.15) is 0 Å². The number of benzene rings is 1. The van der Waals surface area contributed by atoms with Crippen LogP contribution in [0.3, 0.4) is 0 Å². The smallest absolute Gasteiger partial charge is 0.303 e. The topological polar surface area (TPSA) is 114 Å². The van der Waals surface area contributed by atoms with E-state index in [1.807, 2.05) is 0 Å². The standard InChI is InChI=1S/C19H24N4O4/c24-16(20-13-19(12-17(25)26)9-4-1-5-10-19)8-11-23-18(27)14-6-2-3-7-15(14)21-22-23/h2-3,6-7H,1,4-5,8-13H2,(H,20,24)(H,25,26). The molecule has 2 aromatic rings. The number of carbonyl (C=O) groups is 2. The normalized spacial score (nSPS) is 16.1. The second kappa shape index (κ2) is 8.28. The molecule has 2 N–H and O–H groups in total. The number of rotatable bonds is 7. The lowest BCUT2D eigenvalue weighted by atomic mass is 9.71. The van der Waals surface area contributed by atoms with E-state index in [1.54, 1.807) is 24.3 Å². The van der Waals surface area contributed by atoms with Gasteiger partial charge in [-0.3, -0.25) is 14.4 Å². The van der Waals surface area contributed by atoms with E-state index in [4.69, 9.17) is 0 Å². The summed E-state index contributed by atoms with van der Waals surface area (Å²) >= 11 is 0. The fourth-order valence-corrected chi connectivity index (χ4v) is 3.79. The Kier molecular flexibility index (Phi) is 5.83. The first-order chi connectivity index (χ1) is 13.0. The van der Waals surface area contributed by atoms with E-state index in [2.05, 4.69) is 15.6 Å². The molecule has 1 heterocycles. The Hall–Kier alpha value is -2.77. The van der Waals surface area contributed by atoms with Crippen molar-refractivity contribution in [3.63, 3.8) is 0 Å². The van der Waals surface area contributed by atoms with Crippen molar-refractivity contribution >= 4 is 22.8 Å². The molecule has 1 aliphatic rings. The molecule has 3 rings (SSSR count). The van der Waals surface area contributed by atoms with Crippen molar-refractivity contribution in [3.05, 3.63) is 34.6 Å². The minimum Gasteiger partial charge on any atom is -0.481 e. The second-order valence-corrected chi connectivity index (χ2v) is 7.29. The maximum Gasteiger partial charge on any atom is 0.303 e. The third-order valence-electron chi connectivity index (χ3n) is 5.28. The van der Waals surface area contributed by atoms with E-state index < -0.39 is 5.97 Å². The molecule has 8 nitrogen and oxygen atoms in total. The third kappa shape index (κ3) is 4.69. The number of fused-ring (bicyclic) bond motifs is 1. The molecule has 8 heteroatoms. The first-order valence-electron chi connectivity index (χ1n) is 9.30. The van der Waals surface area contributed by atoms with Crippen molar-refractivity contribution in [1.29, 1.82) is 0 Å². The number of hydrogen-bond donors (Lipinski definition) is 2. The largest absolute Gasteiger partial charge is 0.481 e. The van der Waals surface area contributed by atoms with Crippen molar-refractivity contribution in [2.24, 2.45) is 5.41 Å². The molecule has 1 amide bonds. The molecular weight excluding hydrogens is 348 g/mol. The van der Waals surface area contributed by atoms with Crippen LogP contribution in [0.15, 0.2) is 29.1 Å². The van der Waals surface area contributed by atoms with Gasteiger partial charge >= 0.3 is 5.97 Å². The van der Waals surface area contributed by atoms with Gasteiger partial charge in [-0.1, -0.05) is 36.6 Å². The van der Waals surface area contributed by atoms with E-state index in [0.29, 0.717) is 17.4 Å². The summed E-state index contributed by atoms with van der Waals surface area (Å²) in [6.45, 7) is 0.491. The highest BCUT2D eigenvalue weighted by Crippen LogP contribution is 2.38. The van der Waals surface area contributed by atoms with Crippen LogP contribution in [-0.4, -0.2) is 38.5 Å². The Morgan fingerprint density at radius 2 is 1.93 bits per heavy atom. The molecule has 1 aliphatic carbocycles. The van der Waals surface area contributed by atoms with Gasteiger partial charge in [-0.15, -0.1) is 5.10 Å². The summed E-state index contributed by atoms with van der Waals surface area (Å²) in [5, 5.41) is 20.4. The number of amides is 1. The van der Waals surface area contributed by atoms with E-state index in [0.717, 1.165) is 32.1 Å². The molecule has 0 spiro atoms. The highest BCUT2D eigenvalue weighted by atomic mass is 16.4. The Morgan fingerprint density at radius 3 is 2.67 bits per heavy atom. The Bertz CT molecular complexity index is 887. The summed E-state index contributed by atoms with van der Waals surface area (Å²) in [5.74, 6) is -1.05. The van der Waals surface area contributed by atoms with E-state index >= 15 is 0 Å². The average Bonchev–Trinajstić information content (AvgIpc) is 2.66. The molecule has 0 atom stereocenters. The second-order valence-electron chi connectivity index (χ2n) is 7.29. The summed E-state index contributed by atoms with van der Waals surface area (Å²) in [4.78, 5) is 35.8. The van der Waals surface area contributed by atoms with Crippen LogP contribution in [0.25, 0.3) is 10.9 Å². The summed E-state index contributed by atoms with van der Waals surface area (Å²) < 4.78 is 1.19. The first kappa shape index (κ1) is 19.0. The number of nitrogens with zero attached hydrogens (tertiary/aromatic N) is 3. The number of carboxylic acids is 1. The number of hydrogen-bond acceptors (Lipinski definition) is 5. The van der Waals surface area contributed by atoms with Gasteiger partial charge in [0.2, 0.25) is 5.91 Å². The number of carbonyl (C=O) groups excluding carboxylic acids is 1. The highest BCUT2D eigenvalue weighted by Gasteiger charge is 2.34. The lowest BCUT2D eigenvalue weighted by Crippen LogP contribution is -2.41. The molecule has 0 saturated heterocycles.